The SMILES string of the molecule is [CH2-]C/C=C\CCOCOCCCCCCCC.[I-].[Mg+2]. The fourth-order valence-corrected chi connectivity index (χ4v) is 1.55. The van der Waals surface area contributed by atoms with Gasteiger partial charge in [-0.2, -0.15) is 6.42 Å². The minimum absolute atomic E-state index is 0. The average molecular weight is 393 g/mol. The number of hydrogen-bond donors (Lipinski definition) is 0. The van der Waals surface area contributed by atoms with E-state index in [-0.39, 0.29) is 47.0 Å². The van der Waals surface area contributed by atoms with E-state index < -0.39 is 0 Å². The predicted octanol–water partition coefficient (Wildman–Crippen LogP) is 1.13. The van der Waals surface area contributed by atoms with E-state index in [1.165, 1.54) is 32.1 Å². The van der Waals surface area contributed by atoms with Crippen LogP contribution in [0.1, 0.15) is 58.3 Å². The van der Waals surface area contributed by atoms with E-state index in [0.29, 0.717) is 6.79 Å². The maximum Gasteiger partial charge on any atom is 2.00 e. The van der Waals surface area contributed by atoms with Crippen molar-refractivity contribution in [1.29, 1.82) is 0 Å². The first-order chi connectivity index (χ1) is 8.41. The Labute approximate surface area is 153 Å². The van der Waals surface area contributed by atoms with Crippen LogP contribution in [0.5, 0.6) is 0 Å². The Morgan fingerprint density at radius 1 is 0.895 bits per heavy atom. The summed E-state index contributed by atoms with van der Waals surface area (Å²) in [6, 6.07) is 0. The molecule has 0 radical (unpaired) electrons. The van der Waals surface area contributed by atoms with Crippen molar-refractivity contribution < 1.29 is 33.5 Å². The molecule has 0 heterocycles. The summed E-state index contributed by atoms with van der Waals surface area (Å²) in [7, 11) is 0. The van der Waals surface area contributed by atoms with Gasteiger partial charge in [-0.1, -0.05) is 45.1 Å². The molecule has 19 heavy (non-hydrogen) atoms. The molecule has 0 amide bonds. The summed E-state index contributed by atoms with van der Waals surface area (Å²) in [6.45, 7) is 7.99. The van der Waals surface area contributed by atoms with E-state index in [4.69, 9.17) is 9.47 Å². The van der Waals surface area contributed by atoms with Crippen molar-refractivity contribution in [3.05, 3.63) is 19.1 Å². The minimum atomic E-state index is 0. The first-order valence-electron chi connectivity index (χ1n) is 7.01. The fourth-order valence-electron chi connectivity index (χ4n) is 1.55. The Morgan fingerprint density at radius 2 is 1.53 bits per heavy atom. The number of hydrogen-bond acceptors (Lipinski definition) is 2. The van der Waals surface area contributed by atoms with Gasteiger partial charge in [0.15, 0.2) is 0 Å². The number of ether oxygens (including phenoxy) is 2. The number of allylic oxidation sites excluding steroid dienone is 1. The Balaban J connectivity index is -0.00000128. The molecule has 0 rings (SSSR count). The molecule has 0 saturated heterocycles. The molecule has 0 aromatic rings. The molecule has 0 aliphatic rings. The summed E-state index contributed by atoms with van der Waals surface area (Å²) in [6.07, 6.45) is 13.8. The van der Waals surface area contributed by atoms with Gasteiger partial charge in [-0.05, 0) is 12.8 Å². The molecule has 110 valence electrons. The molecule has 0 saturated carbocycles. The largest absolute Gasteiger partial charge is 2.00 e. The van der Waals surface area contributed by atoms with Crippen LogP contribution in [0.15, 0.2) is 12.2 Å². The van der Waals surface area contributed by atoms with E-state index in [1.54, 1.807) is 0 Å². The summed E-state index contributed by atoms with van der Waals surface area (Å²) >= 11 is 0. The first-order valence-corrected chi connectivity index (χ1v) is 7.01. The van der Waals surface area contributed by atoms with Crippen LogP contribution in [0, 0.1) is 6.92 Å². The van der Waals surface area contributed by atoms with Crippen molar-refractivity contribution >= 4 is 23.1 Å². The van der Waals surface area contributed by atoms with Gasteiger partial charge in [-0.3, -0.25) is 0 Å². The second kappa shape index (κ2) is 24.2. The normalized spacial score (nSPS) is 10.2. The third-order valence-corrected chi connectivity index (χ3v) is 2.57. The third kappa shape index (κ3) is 24.5. The van der Waals surface area contributed by atoms with Crippen LogP contribution in [-0.2, 0) is 9.47 Å². The topological polar surface area (TPSA) is 18.5 Å². The Hall–Kier alpha value is 1.16. The van der Waals surface area contributed by atoms with Gasteiger partial charge in [0.05, 0.1) is 6.61 Å². The Kier molecular flexibility index (Phi) is 32.0. The van der Waals surface area contributed by atoms with Crippen molar-refractivity contribution in [3.63, 3.8) is 0 Å². The van der Waals surface area contributed by atoms with Gasteiger partial charge in [0.2, 0.25) is 0 Å². The van der Waals surface area contributed by atoms with Crippen molar-refractivity contribution in [2.45, 2.75) is 58.3 Å². The van der Waals surface area contributed by atoms with E-state index in [2.05, 4.69) is 26.0 Å². The van der Waals surface area contributed by atoms with Crippen LogP contribution in [0.3, 0.4) is 0 Å². The molecule has 0 bridgehead atoms. The van der Waals surface area contributed by atoms with Gasteiger partial charge < -0.3 is 40.4 Å². The maximum atomic E-state index is 5.39. The summed E-state index contributed by atoms with van der Waals surface area (Å²) < 4.78 is 10.7. The zero-order valence-electron chi connectivity index (χ0n) is 12.5. The van der Waals surface area contributed by atoms with Gasteiger partial charge in [0, 0.05) is 6.61 Å². The molecule has 0 unspecified atom stereocenters. The fraction of sp³-hybridized carbons (Fsp3) is 0.800. The van der Waals surface area contributed by atoms with E-state index in [0.717, 1.165) is 32.5 Å². The van der Waals surface area contributed by atoms with Gasteiger partial charge in [0.1, 0.15) is 6.79 Å². The quantitative estimate of drug-likeness (QED) is 0.117. The predicted molar refractivity (Wildman–Crippen MR) is 79.6 cm³/mol. The molecule has 4 heteroatoms. The zero-order valence-corrected chi connectivity index (χ0v) is 16.1. The molecular weight excluding hydrogens is 363 g/mol. The molecule has 0 aromatic carbocycles. The van der Waals surface area contributed by atoms with Crippen LogP contribution in [0.25, 0.3) is 0 Å². The number of halogens is 1. The van der Waals surface area contributed by atoms with E-state index in [9.17, 15) is 0 Å². The zero-order chi connectivity index (χ0) is 12.6. The van der Waals surface area contributed by atoms with Gasteiger partial charge >= 0.3 is 23.1 Å². The van der Waals surface area contributed by atoms with Crippen molar-refractivity contribution in [2.24, 2.45) is 0 Å². The molecule has 0 fully saturated rings. The summed E-state index contributed by atoms with van der Waals surface area (Å²) in [4.78, 5) is 0. The minimum Gasteiger partial charge on any atom is -1.00 e. The standard InChI is InChI=1S/C15H29O2.HI.Mg/c1-3-5-7-9-10-12-14-17-15-16-13-11-8-6-4-2;;/h6,8H,2-5,7,9-15H2,1H3;1H;/q-1;;+2/p-1/b8-6-;;. The number of rotatable bonds is 13. The van der Waals surface area contributed by atoms with Crippen LogP contribution >= 0.6 is 0 Å². The third-order valence-electron chi connectivity index (χ3n) is 2.57. The molecule has 0 aliphatic carbocycles. The van der Waals surface area contributed by atoms with Gasteiger partial charge in [0.25, 0.3) is 0 Å². The molecule has 0 N–H and O–H groups in total. The summed E-state index contributed by atoms with van der Waals surface area (Å²) in [5, 5.41) is 0. The van der Waals surface area contributed by atoms with Crippen molar-refractivity contribution in [1.82, 2.24) is 0 Å². The second-order valence-corrected chi connectivity index (χ2v) is 4.25. The number of unbranched alkanes of at least 4 members (excludes halogenated alkanes) is 5. The van der Waals surface area contributed by atoms with Crippen LogP contribution < -0.4 is 24.0 Å². The second-order valence-electron chi connectivity index (χ2n) is 4.25. The van der Waals surface area contributed by atoms with Crippen LogP contribution in [-0.4, -0.2) is 43.1 Å². The molecular formula is C15H29IMgO2. The molecule has 0 aromatic heterocycles. The van der Waals surface area contributed by atoms with E-state index >= 15 is 0 Å². The Bertz CT molecular complexity index is 166. The van der Waals surface area contributed by atoms with Crippen LogP contribution in [0.4, 0.5) is 0 Å². The molecule has 0 spiro atoms. The van der Waals surface area contributed by atoms with Gasteiger partial charge in [-0.25, -0.2) is 0 Å². The molecule has 0 atom stereocenters. The maximum absolute atomic E-state index is 5.39. The molecule has 0 aliphatic heterocycles. The smallest absolute Gasteiger partial charge is 1.00 e. The molecule has 2 nitrogen and oxygen atoms in total. The monoisotopic (exact) mass is 392 g/mol. The Morgan fingerprint density at radius 3 is 2.21 bits per heavy atom. The average Bonchev–Trinajstić information content (AvgIpc) is 2.35. The summed E-state index contributed by atoms with van der Waals surface area (Å²) in [5.41, 5.74) is 0. The van der Waals surface area contributed by atoms with Crippen molar-refractivity contribution in [3.8, 4) is 0 Å². The van der Waals surface area contributed by atoms with E-state index in [1.807, 2.05) is 0 Å². The van der Waals surface area contributed by atoms with Crippen LogP contribution in [0.2, 0.25) is 0 Å². The van der Waals surface area contributed by atoms with Gasteiger partial charge in [-0.15, -0.1) is 6.08 Å². The van der Waals surface area contributed by atoms with Crippen molar-refractivity contribution in [2.75, 3.05) is 20.0 Å². The first kappa shape index (κ1) is 25.1. The summed E-state index contributed by atoms with van der Waals surface area (Å²) in [5.74, 6) is 0.